The maximum Gasteiger partial charge on any atom is 0.230 e. The predicted octanol–water partition coefficient (Wildman–Crippen LogP) is 1.98. The molecule has 1 heterocycles. The summed E-state index contributed by atoms with van der Waals surface area (Å²) in [5, 5.41) is 20.5. The molecule has 0 aliphatic carbocycles. The number of aliphatic hydroxyl groups is 1. The van der Waals surface area contributed by atoms with Gasteiger partial charge in [0.1, 0.15) is 6.33 Å². The Bertz CT molecular complexity index is 638. The molecule has 1 atom stereocenters. The van der Waals surface area contributed by atoms with E-state index >= 15 is 0 Å². The van der Waals surface area contributed by atoms with Gasteiger partial charge < -0.3 is 10.4 Å². The van der Waals surface area contributed by atoms with Crippen molar-refractivity contribution in [1.82, 2.24) is 20.1 Å². The topological polar surface area (TPSA) is 80.0 Å². The van der Waals surface area contributed by atoms with E-state index < -0.39 is 6.10 Å². The van der Waals surface area contributed by atoms with E-state index in [4.69, 9.17) is 5.11 Å². The number of rotatable bonds is 7. The number of aliphatic hydroxyl groups excluding tert-OH is 1. The summed E-state index contributed by atoms with van der Waals surface area (Å²) in [5.41, 5.74) is 2.24. The second-order valence-corrected chi connectivity index (χ2v) is 6.61. The van der Waals surface area contributed by atoms with E-state index in [-0.39, 0.29) is 18.2 Å². The highest BCUT2D eigenvalue weighted by molar-refractivity contribution is 7.99. The fraction of sp³-hybridized carbons (Fsp3) is 0.438. The number of aromatic nitrogens is 3. The Kier molecular flexibility index (Phi) is 6.18. The first kappa shape index (κ1) is 17.5. The largest absolute Gasteiger partial charge is 0.392 e. The summed E-state index contributed by atoms with van der Waals surface area (Å²) >= 11 is 1.31. The minimum Gasteiger partial charge on any atom is -0.392 e. The van der Waals surface area contributed by atoms with E-state index in [2.05, 4.69) is 41.5 Å². The third kappa shape index (κ3) is 5.07. The summed E-state index contributed by atoms with van der Waals surface area (Å²) in [7, 11) is 0. The molecule has 2 N–H and O–H groups in total. The molecule has 7 heteroatoms. The van der Waals surface area contributed by atoms with Crippen molar-refractivity contribution in [3.05, 3.63) is 36.2 Å². The van der Waals surface area contributed by atoms with Crippen LogP contribution in [-0.2, 0) is 4.79 Å². The summed E-state index contributed by atoms with van der Waals surface area (Å²) < 4.78 is 1.86. The summed E-state index contributed by atoms with van der Waals surface area (Å²) in [6.07, 6.45) is 1.09. The molecule has 6 nitrogen and oxygen atoms in total. The maximum absolute atomic E-state index is 11.7. The normalized spacial score (nSPS) is 12.4. The van der Waals surface area contributed by atoms with Crippen LogP contribution in [0.2, 0.25) is 0 Å². The van der Waals surface area contributed by atoms with Crippen molar-refractivity contribution in [1.29, 1.82) is 0 Å². The monoisotopic (exact) mass is 334 g/mol. The second kappa shape index (κ2) is 8.12. The first-order valence-electron chi connectivity index (χ1n) is 7.55. The Morgan fingerprint density at radius 3 is 2.61 bits per heavy atom. The molecule has 0 bridgehead atoms. The molecular formula is C16H22N4O2S. The smallest absolute Gasteiger partial charge is 0.230 e. The van der Waals surface area contributed by atoms with Gasteiger partial charge in [-0.05, 0) is 30.5 Å². The number of hydrogen-bond donors (Lipinski definition) is 2. The minimum absolute atomic E-state index is 0.138. The highest BCUT2D eigenvalue weighted by Gasteiger charge is 2.11. The van der Waals surface area contributed by atoms with Crippen LogP contribution in [0.5, 0.6) is 0 Å². The summed E-state index contributed by atoms with van der Waals surface area (Å²) in [6.45, 7) is 6.19. The van der Waals surface area contributed by atoms with Crippen molar-refractivity contribution in [2.75, 3.05) is 12.3 Å². The molecule has 0 unspecified atom stereocenters. The number of amides is 1. The van der Waals surface area contributed by atoms with Crippen molar-refractivity contribution in [2.24, 2.45) is 0 Å². The number of carbonyl (C=O) groups excluding carboxylic acids is 1. The number of nitrogens with zero attached hydrogens (tertiary/aromatic N) is 3. The molecule has 0 saturated carbocycles. The van der Waals surface area contributed by atoms with Crippen LogP contribution in [0.1, 0.15) is 32.3 Å². The van der Waals surface area contributed by atoms with Gasteiger partial charge in [-0.2, -0.15) is 0 Å². The molecule has 0 aliphatic heterocycles. The molecule has 1 aromatic carbocycles. The van der Waals surface area contributed by atoms with Gasteiger partial charge in [0.25, 0.3) is 0 Å². The van der Waals surface area contributed by atoms with Crippen molar-refractivity contribution in [2.45, 2.75) is 37.9 Å². The van der Waals surface area contributed by atoms with Gasteiger partial charge in [0, 0.05) is 12.2 Å². The van der Waals surface area contributed by atoms with E-state index in [1.54, 1.807) is 13.3 Å². The fourth-order valence-electron chi connectivity index (χ4n) is 1.96. The first-order chi connectivity index (χ1) is 11.0. The lowest BCUT2D eigenvalue weighted by Crippen LogP contribution is -2.31. The van der Waals surface area contributed by atoms with Crippen molar-refractivity contribution >= 4 is 17.7 Å². The Morgan fingerprint density at radius 1 is 1.30 bits per heavy atom. The molecule has 0 fully saturated rings. The molecule has 1 amide bonds. The Balaban J connectivity index is 2.00. The molecule has 0 radical (unpaired) electrons. The van der Waals surface area contributed by atoms with E-state index in [9.17, 15) is 4.79 Å². The van der Waals surface area contributed by atoms with E-state index in [0.717, 1.165) is 5.69 Å². The van der Waals surface area contributed by atoms with Gasteiger partial charge in [-0.15, -0.1) is 10.2 Å². The van der Waals surface area contributed by atoms with Crippen LogP contribution in [0, 0.1) is 0 Å². The summed E-state index contributed by atoms with van der Waals surface area (Å²) in [4.78, 5) is 11.7. The zero-order valence-electron chi connectivity index (χ0n) is 13.6. The van der Waals surface area contributed by atoms with Crippen LogP contribution in [0.3, 0.4) is 0 Å². The van der Waals surface area contributed by atoms with Gasteiger partial charge in [-0.25, -0.2) is 0 Å². The molecule has 1 aromatic heterocycles. The van der Waals surface area contributed by atoms with E-state index in [0.29, 0.717) is 11.1 Å². The zero-order chi connectivity index (χ0) is 16.8. The Hall–Kier alpha value is -1.86. The molecule has 2 aromatic rings. The zero-order valence-corrected chi connectivity index (χ0v) is 14.4. The van der Waals surface area contributed by atoms with Crippen LogP contribution in [0.15, 0.2) is 35.7 Å². The van der Waals surface area contributed by atoms with Gasteiger partial charge in [0.2, 0.25) is 5.91 Å². The van der Waals surface area contributed by atoms with Crippen LogP contribution in [0.25, 0.3) is 5.69 Å². The highest BCUT2D eigenvalue weighted by Crippen LogP contribution is 2.21. The molecule has 0 spiro atoms. The lowest BCUT2D eigenvalue weighted by molar-refractivity contribution is -0.118. The molecule has 124 valence electrons. The number of benzene rings is 1. The Morgan fingerprint density at radius 2 is 2.00 bits per heavy atom. The van der Waals surface area contributed by atoms with Gasteiger partial charge in [0.15, 0.2) is 5.16 Å². The van der Waals surface area contributed by atoms with Crippen LogP contribution >= 0.6 is 11.8 Å². The molecule has 23 heavy (non-hydrogen) atoms. The number of thioether (sulfide) groups is 1. The highest BCUT2D eigenvalue weighted by atomic mass is 32.2. The van der Waals surface area contributed by atoms with Crippen LogP contribution < -0.4 is 5.32 Å². The van der Waals surface area contributed by atoms with Crippen LogP contribution in [-0.4, -0.2) is 44.2 Å². The lowest BCUT2D eigenvalue weighted by atomic mass is 10.0. The quantitative estimate of drug-likeness (QED) is 0.757. The van der Waals surface area contributed by atoms with Crippen molar-refractivity contribution in [3.8, 4) is 5.69 Å². The third-order valence-corrected chi connectivity index (χ3v) is 4.22. The van der Waals surface area contributed by atoms with Gasteiger partial charge in [-0.3, -0.25) is 9.36 Å². The standard InChI is InChI=1S/C16H22N4O2S/c1-11(2)13-4-6-14(7-5-13)20-10-18-19-16(20)23-9-15(22)17-8-12(3)21/h4-7,10-12,21H,8-9H2,1-3H3,(H,17,22)/t12-/m0/s1. The molecular weight excluding hydrogens is 312 g/mol. The Labute approximate surface area is 140 Å². The van der Waals surface area contributed by atoms with E-state index in [1.165, 1.54) is 17.3 Å². The van der Waals surface area contributed by atoms with Gasteiger partial charge >= 0.3 is 0 Å². The summed E-state index contributed by atoms with van der Waals surface area (Å²) in [6, 6.07) is 8.22. The number of hydrogen-bond acceptors (Lipinski definition) is 5. The maximum atomic E-state index is 11.7. The SMILES string of the molecule is CC(C)c1ccc(-n2cnnc2SCC(=O)NC[C@H](C)O)cc1. The molecule has 2 rings (SSSR count). The molecule has 0 aliphatic rings. The number of nitrogens with one attached hydrogen (secondary N) is 1. The molecule has 0 saturated heterocycles. The number of carbonyl (C=O) groups is 1. The summed E-state index contributed by atoms with van der Waals surface area (Å²) in [5.74, 6) is 0.576. The average molecular weight is 334 g/mol. The van der Waals surface area contributed by atoms with Crippen molar-refractivity contribution in [3.63, 3.8) is 0 Å². The third-order valence-electron chi connectivity index (χ3n) is 3.28. The average Bonchev–Trinajstić information content (AvgIpc) is 2.99. The minimum atomic E-state index is -0.549. The van der Waals surface area contributed by atoms with Crippen LogP contribution in [0.4, 0.5) is 0 Å². The van der Waals surface area contributed by atoms with Crippen molar-refractivity contribution < 1.29 is 9.90 Å². The second-order valence-electron chi connectivity index (χ2n) is 5.67. The van der Waals surface area contributed by atoms with E-state index in [1.807, 2.05) is 16.7 Å². The van der Waals surface area contributed by atoms with Gasteiger partial charge in [0.05, 0.1) is 11.9 Å². The first-order valence-corrected chi connectivity index (χ1v) is 8.54. The predicted molar refractivity (Wildman–Crippen MR) is 90.9 cm³/mol. The fourth-order valence-corrected chi connectivity index (χ4v) is 2.72. The van der Waals surface area contributed by atoms with Gasteiger partial charge in [-0.1, -0.05) is 37.7 Å². The lowest BCUT2D eigenvalue weighted by Gasteiger charge is -2.09.